The number of carbonyl (C=O) groups is 2. The lowest BCUT2D eigenvalue weighted by Gasteiger charge is -2.38. The molecule has 5 rings (SSSR count). The summed E-state index contributed by atoms with van der Waals surface area (Å²) in [6.07, 6.45) is 0. The van der Waals surface area contributed by atoms with Crippen molar-refractivity contribution in [1.29, 1.82) is 0 Å². The van der Waals surface area contributed by atoms with Crippen LogP contribution in [0.2, 0.25) is 0 Å². The molecule has 34 heavy (non-hydrogen) atoms. The van der Waals surface area contributed by atoms with Crippen LogP contribution in [-0.4, -0.2) is 47.8 Å². The lowest BCUT2D eigenvalue weighted by Crippen LogP contribution is -2.49. The second kappa shape index (κ2) is 9.53. The number of carbonyl (C=O) groups excluding carboxylic acids is 2. The van der Waals surface area contributed by atoms with E-state index in [1.54, 1.807) is 19.1 Å². The standard InChI is InChI=1S/C28H27N3O3/c1-20(32)30-16-18-31(19-17-30)26(21-10-4-2-5-11-21)27-25(23-14-8-9-15-24(23)34-27)29-28(33)22-12-6-3-7-13-22/h2-15,26H,16-19H2,1H3,(H,29,33). The number of fused-ring (bicyclic) bond motifs is 1. The normalized spacial score (nSPS) is 15.3. The maximum atomic E-state index is 13.2. The number of benzene rings is 3. The number of para-hydroxylation sites is 1. The van der Waals surface area contributed by atoms with Gasteiger partial charge in [0.25, 0.3) is 5.91 Å². The van der Waals surface area contributed by atoms with Crippen LogP contribution in [0.15, 0.2) is 89.3 Å². The van der Waals surface area contributed by atoms with Crippen LogP contribution < -0.4 is 5.32 Å². The summed E-state index contributed by atoms with van der Waals surface area (Å²) in [5.41, 5.74) is 3.08. The van der Waals surface area contributed by atoms with E-state index in [4.69, 9.17) is 4.42 Å². The summed E-state index contributed by atoms with van der Waals surface area (Å²) >= 11 is 0. The molecule has 1 N–H and O–H groups in total. The fourth-order valence-corrected chi connectivity index (χ4v) is 4.62. The molecular weight excluding hydrogens is 426 g/mol. The van der Waals surface area contributed by atoms with E-state index < -0.39 is 0 Å². The van der Waals surface area contributed by atoms with Gasteiger partial charge in [0.15, 0.2) is 0 Å². The zero-order valence-corrected chi connectivity index (χ0v) is 19.1. The molecule has 0 saturated carbocycles. The van der Waals surface area contributed by atoms with E-state index in [2.05, 4.69) is 22.3 Å². The number of anilines is 1. The number of furan rings is 1. The zero-order chi connectivity index (χ0) is 23.5. The first-order valence-corrected chi connectivity index (χ1v) is 11.5. The summed E-state index contributed by atoms with van der Waals surface area (Å²) in [6.45, 7) is 4.35. The van der Waals surface area contributed by atoms with Gasteiger partial charge in [0.2, 0.25) is 5.91 Å². The predicted octanol–water partition coefficient (Wildman–Crippen LogP) is 4.94. The lowest BCUT2D eigenvalue weighted by molar-refractivity contribution is -0.130. The molecule has 2 heterocycles. The van der Waals surface area contributed by atoms with Gasteiger partial charge < -0.3 is 14.6 Å². The van der Waals surface area contributed by atoms with Crippen molar-refractivity contribution in [2.75, 3.05) is 31.5 Å². The highest BCUT2D eigenvalue weighted by Gasteiger charge is 2.32. The van der Waals surface area contributed by atoms with Crippen molar-refractivity contribution >= 4 is 28.5 Å². The summed E-state index contributed by atoms with van der Waals surface area (Å²) in [7, 11) is 0. The first kappa shape index (κ1) is 21.9. The van der Waals surface area contributed by atoms with Crippen LogP contribution in [0, 0.1) is 0 Å². The first-order valence-electron chi connectivity index (χ1n) is 11.5. The third-order valence-electron chi connectivity index (χ3n) is 6.39. The highest BCUT2D eigenvalue weighted by Crippen LogP contribution is 2.40. The molecule has 1 aromatic heterocycles. The Labute approximate surface area is 198 Å². The minimum atomic E-state index is -0.200. The summed E-state index contributed by atoms with van der Waals surface area (Å²) in [6, 6.07) is 26.9. The maximum absolute atomic E-state index is 13.2. The lowest BCUT2D eigenvalue weighted by atomic mass is 10.00. The average Bonchev–Trinajstić information content (AvgIpc) is 3.23. The Morgan fingerprint density at radius 2 is 1.44 bits per heavy atom. The third-order valence-corrected chi connectivity index (χ3v) is 6.39. The quantitative estimate of drug-likeness (QED) is 0.465. The first-order chi connectivity index (χ1) is 16.6. The van der Waals surface area contributed by atoms with Crippen LogP contribution >= 0.6 is 0 Å². The predicted molar refractivity (Wildman–Crippen MR) is 133 cm³/mol. The molecule has 2 amide bonds. The van der Waals surface area contributed by atoms with Gasteiger partial charge in [-0.25, -0.2) is 0 Å². The average molecular weight is 454 g/mol. The SMILES string of the molecule is CC(=O)N1CCN(C(c2ccccc2)c2oc3ccccc3c2NC(=O)c2ccccc2)CC1. The smallest absolute Gasteiger partial charge is 0.255 e. The van der Waals surface area contributed by atoms with Gasteiger partial charge in [0, 0.05) is 44.1 Å². The fraction of sp³-hybridized carbons (Fsp3) is 0.214. The largest absolute Gasteiger partial charge is 0.457 e. The van der Waals surface area contributed by atoms with Gasteiger partial charge >= 0.3 is 0 Å². The van der Waals surface area contributed by atoms with Crippen LogP contribution in [0.5, 0.6) is 0 Å². The van der Waals surface area contributed by atoms with Crippen molar-refractivity contribution in [2.45, 2.75) is 13.0 Å². The van der Waals surface area contributed by atoms with Crippen molar-refractivity contribution in [2.24, 2.45) is 0 Å². The Kier molecular flexibility index (Phi) is 6.14. The van der Waals surface area contributed by atoms with Gasteiger partial charge in [-0.05, 0) is 29.8 Å². The van der Waals surface area contributed by atoms with E-state index in [1.807, 2.05) is 65.6 Å². The van der Waals surface area contributed by atoms with Gasteiger partial charge in [0.1, 0.15) is 11.3 Å². The maximum Gasteiger partial charge on any atom is 0.255 e. The number of nitrogens with zero attached hydrogens (tertiary/aromatic N) is 2. The minimum Gasteiger partial charge on any atom is -0.457 e. The zero-order valence-electron chi connectivity index (χ0n) is 19.1. The molecule has 4 aromatic rings. The highest BCUT2D eigenvalue weighted by atomic mass is 16.3. The van der Waals surface area contributed by atoms with E-state index in [0.717, 1.165) is 16.5 Å². The molecule has 0 aliphatic carbocycles. The summed E-state index contributed by atoms with van der Waals surface area (Å²) < 4.78 is 6.44. The van der Waals surface area contributed by atoms with E-state index in [9.17, 15) is 9.59 Å². The minimum absolute atomic E-state index is 0.0930. The van der Waals surface area contributed by atoms with Crippen molar-refractivity contribution in [3.05, 3.63) is 102 Å². The molecule has 1 atom stereocenters. The van der Waals surface area contributed by atoms with Gasteiger partial charge in [-0.3, -0.25) is 14.5 Å². The Hall–Kier alpha value is -3.90. The van der Waals surface area contributed by atoms with E-state index in [-0.39, 0.29) is 17.9 Å². The highest BCUT2D eigenvalue weighted by molar-refractivity contribution is 6.09. The summed E-state index contributed by atoms with van der Waals surface area (Å²) in [5.74, 6) is 0.616. The molecular formula is C28H27N3O3. The molecule has 6 heteroatoms. The molecule has 0 bridgehead atoms. The number of hydrogen-bond donors (Lipinski definition) is 1. The molecule has 1 unspecified atom stereocenters. The molecule has 172 valence electrons. The number of hydrogen-bond acceptors (Lipinski definition) is 4. The molecule has 6 nitrogen and oxygen atoms in total. The molecule has 3 aromatic carbocycles. The Balaban J connectivity index is 1.58. The molecule has 0 spiro atoms. The number of amides is 2. The Morgan fingerprint density at radius 1 is 0.824 bits per heavy atom. The number of rotatable bonds is 5. The summed E-state index contributed by atoms with van der Waals surface area (Å²) in [4.78, 5) is 29.2. The third kappa shape index (κ3) is 4.32. The second-order valence-electron chi connectivity index (χ2n) is 8.51. The molecule has 0 radical (unpaired) electrons. The van der Waals surface area contributed by atoms with Crippen molar-refractivity contribution in [1.82, 2.24) is 9.80 Å². The summed E-state index contributed by atoms with van der Waals surface area (Å²) in [5, 5.41) is 4.01. The van der Waals surface area contributed by atoms with Crippen LogP contribution in [0.25, 0.3) is 11.0 Å². The van der Waals surface area contributed by atoms with Gasteiger partial charge in [0.05, 0.1) is 11.7 Å². The van der Waals surface area contributed by atoms with Gasteiger partial charge in [-0.1, -0.05) is 60.7 Å². The number of piperazine rings is 1. The van der Waals surface area contributed by atoms with E-state index >= 15 is 0 Å². The molecule has 1 saturated heterocycles. The van der Waals surface area contributed by atoms with E-state index in [1.165, 1.54) is 0 Å². The van der Waals surface area contributed by atoms with Crippen molar-refractivity contribution in [3.8, 4) is 0 Å². The van der Waals surface area contributed by atoms with E-state index in [0.29, 0.717) is 43.2 Å². The Morgan fingerprint density at radius 3 is 2.12 bits per heavy atom. The van der Waals surface area contributed by atoms with Crippen molar-refractivity contribution in [3.63, 3.8) is 0 Å². The fourth-order valence-electron chi connectivity index (χ4n) is 4.62. The molecule has 1 aliphatic heterocycles. The Bertz CT molecular complexity index is 1290. The van der Waals surface area contributed by atoms with Crippen molar-refractivity contribution < 1.29 is 14.0 Å². The second-order valence-corrected chi connectivity index (χ2v) is 8.51. The molecule has 1 aliphatic rings. The number of nitrogens with one attached hydrogen (secondary N) is 1. The van der Waals surface area contributed by atoms with Gasteiger partial charge in [-0.2, -0.15) is 0 Å². The molecule has 1 fully saturated rings. The van der Waals surface area contributed by atoms with Crippen LogP contribution in [0.3, 0.4) is 0 Å². The topological polar surface area (TPSA) is 65.8 Å². The van der Waals surface area contributed by atoms with Crippen LogP contribution in [0.4, 0.5) is 5.69 Å². The monoisotopic (exact) mass is 453 g/mol. The van der Waals surface area contributed by atoms with Crippen LogP contribution in [0.1, 0.15) is 34.6 Å². The van der Waals surface area contributed by atoms with Crippen LogP contribution in [-0.2, 0) is 4.79 Å². The van der Waals surface area contributed by atoms with Gasteiger partial charge in [-0.15, -0.1) is 0 Å².